The van der Waals surface area contributed by atoms with E-state index in [0.717, 1.165) is 30.5 Å². The Bertz CT molecular complexity index is 899. The molecule has 11 heteroatoms. The third-order valence-electron chi connectivity index (χ3n) is 3.00. The van der Waals surface area contributed by atoms with Crippen LogP contribution in [0.5, 0.6) is 5.75 Å². The van der Waals surface area contributed by atoms with Gasteiger partial charge < -0.3 is 5.11 Å². The number of nitrogens with zero attached hydrogens (tertiary/aromatic N) is 3. The molecule has 0 spiro atoms. The number of halogens is 1. The summed E-state index contributed by atoms with van der Waals surface area (Å²) in [5.41, 5.74) is 1.28. The van der Waals surface area contributed by atoms with E-state index < -0.39 is 21.5 Å². The van der Waals surface area contributed by atoms with E-state index in [9.17, 15) is 30.1 Å². The van der Waals surface area contributed by atoms with E-state index in [4.69, 9.17) is 11.6 Å². The third kappa shape index (κ3) is 4.26. The van der Waals surface area contributed by atoms with Crippen molar-refractivity contribution in [1.29, 1.82) is 0 Å². The van der Waals surface area contributed by atoms with Crippen molar-refractivity contribution in [3.05, 3.63) is 72.8 Å². The van der Waals surface area contributed by atoms with Gasteiger partial charge in [0.1, 0.15) is 5.75 Å². The largest absolute Gasteiger partial charge is 0.507 e. The number of rotatable bonds is 5. The fourth-order valence-corrected chi connectivity index (χ4v) is 1.95. The zero-order valence-electron chi connectivity index (χ0n) is 12.2. The fourth-order valence-electron chi connectivity index (χ4n) is 1.78. The highest BCUT2D eigenvalue weighted by molar-refractivity contribution is 6.33. The lowest BCUT2D eigenvalue weighted by atomic mass is 10.1. The maximum atomic E-state index is 11.9. The molecule has 0 radical (unpaired) electrons. The van der Waals surface area contributed by atoms with Crippen LogP contribution in [0.3, 0.4) is 0 Å². The topological polar surface area (TPSA) is 148 Å². The fraction of sp³-hybridized carbons (Fsp3) is 0. The summed E-state index contributed by atoms with van der Waals surface area (Å²) < 4.78 is 0. The number of aromatic hydroxyl groups is 1. The van der Waals surface area contributed by atoms with Crippen LogP contribution in [-0.4, -0.2) is 27.1 Å². The summed E-state index contributed by atoms with van der Waals surface area (Å²) in [5, 5.41) is 34.8. The van der Waals surface area contributed by atoms with Gasteiger partial charge in [0.15, 0.2) is 0 Å². The number of nitro groups is 2. The molecule has 2 aromatic carbocycles. The van der Waals surface area contributed by atoms with Crippen LogP contribution in [0.25, 0.3) is 0 Å². The van der Waals surface area contributed by atoms with Gasteiger partial charge in [-0.2, -0.15) is 5.10 Å². The van der Waals surface area contributed by atoms with Crippen LogP contribution in [0.1, 0.15) is 15.9 Å². The third-order valence-corrected chi connectivity index (χ3v) is 3.34. The van der Waals surface area contributed by atoms with Crippen LogP contribution in [0.4, 0.5) is 11.4 Å². The molecule has 0 aliphatic rings. The minimum atomic E-state index is -0.904. The van der Waals surface area contributed by atoms with E-state index in [1.165, 1.54) is 12.1 Å². The maximum absolute atomic E-state index is 11.9. The molecule has 0 aliphatic heterocycles. The second kappa shape index (κ2) is 7.36. The van der Waals surface area contributed by atoms with Crippen LogP contribution < -0.4 is 5.43 Å². The standard InChI is InChI=1S/C14H9ClN4O6/c15-12-3-1-9(18(22)23)5-8(12)7-16-17-14(21)11-6-10(19(24)25)2-4-13(11)20/h1-7,20H,(H,17,21)/b16-7-. The number of benzene rings is 2. The Morgan fingerprint density at radius 3 is 2.36 bits per heavy atom. The lowest BCUT2D eigenvalue weighted by molar-refractivity contribution is -0.385. The molecule has 25 heavy (non-hydrogen) atoms. The van der Waals surface area contributed by atoms with Crippen molar-refractivity contribution in [2.24, 2.45) is 5.10 Å². The Balaban J connectivity index is 2.19. The van der Waals surface area contributed by atoms with E-state index in [1.807, 2.05) is 5.43 Å². The number of nitro benzene ring substituents is 2. The monoisotopic (exact) mass is 364 g/mol. The predicted molar refractivity (Wildman–Crippen MR) is 87.9 cm³/mol. The van der Waals surface area contributed by atoms with Crippen LogP contribution in [0, 0.1) is 20.2 Å². The summed E-state index contributed by atoms with van der Waals surface area (Å²) in [6, 6.07) is 6.60. The van der Waals surface area contributed by atoms with Crippen LogP contribution in [-0.2, 0) is 0 Å². The van der Waals surface area contributed by atoms with Crippen LogP contribution >= 0.6 is 11.6 Å². The predicted octanol–water partition coefficient (Wildman–Crippen LogP) is 2.63. The van der Waals surface area contributed by atoms with Crippen molar-refractivity contribution >= 4 is 35.1 Å². The van der Waals surface area contributed by atoms with Gasteiger partial charge in [0.05, 0.1) is 21.6 Å². The normalized spacial score (nSPS) is 10.6. The molecule has 2 rings (SSSR count). The van der Waals surface area contributed by atoms with Gasteiger partial charge in [-0.15, -0.1) is 0 Å². The number of amides is 1. The smallest absolute Gasteiger partial charge is 0.275 e. The van der Waals surface area contributed by atoms with Gasteiger partial charge in [-0.05, 0) is 12.1 Å². The maximum Gasteiger partial charge on any atom is 0.275 e. The van der Waals surface area contributed by atoms with Crippen molar-refractivity contribution in [1.82, 2.24) is 5.43 Å². The molecule has 0 heterocycles. The van der Waals surface area contributed by atoms with E-state index in [-0.39, 0.29) is 27.5 Å². The molecule has 0 bridgehead atoms. The first-order valence-corrected chi connectivity index (χ1v) is 6.92. The first kappa shape index (κ1) is 17.8. The van der Waals surface area contributed by atoms with Crippen molar-refractivity contribution in [2.75, 3.05) is 0 Å². The number of nitrogens with one attached hydrogen (secondary N) is 1. The molecule has 0 fully saturated rings. The molecule has 0 atom stereocenters. The van der Waals surface area contributed by atoms with Crippen molar-refractivity contribution in [3.63, 3.8) is 0 Å². The molecule has 0 aliphatic carbocycles. The highest BCUT2D eigenvalue weighted by Gasteiger charge is 2.16. The molecule has 2 aromatic rings. The second-order valence-electron chi connectivity index (χ2n) is 4.62. The zero-order valence-corrected chi connectivity index (χ0v) is 13.0. The van der Waals surface area contributed by atoms with E-state index in [0.29, 0.717) is 0 Å². The van der Waals surface area contributed by atoms with Crippen LogP contribution in [0.2, 0.25) is 5.02 Å². The first-order valence-electron chi connectivity index (χ1n) is 6.54. The van der Waals surface area contributed by atoms with Gasteiger partial charge in [0, 0.05) is 34.9 Å². The quantitative estimate of drug-likeness (QED) is 0.473. The van der Waals surface area contributed by atoms with E-state index >= 15 is 0 Å². The minimum absolute atomic E-state index is 0.168. The number of carbonyl (C=O) groups excluding carboxylic acids is 1. The molecule has 2 N–H and O–H groups in total. The van der Waals surface area contributed by atoms with Gasteiger partial charge in [0.2, 0.25) is 0 Å². The summed E-state index contributed by atoms with van der Waals surface area (Å²) in [7, 11) is 0. The number of hydrogen-bond acceptors (Lipinski definition) is 7. The highest BCUT2D eigenvalue weighted by atomic mass is 35.5. The lowest BCUT2D eigenvalue weighted by Crippen LogP contribution is -2.18. The summed E-state index contributed by atoms with van der Waals surface area (Å²) in [6.07, 6.45) is 1.07. The molecule has 0 saturated carbocycles. The molecule has 0 unspecified atom stereocenters. The number of phenols is 1. The van der Waals surface area contributed by atoms with Crippen LogP contribution in [0.15, 0.2) is 41.5 Å². The zero-order chi connectivity index (χ0) is 18.6. The summed E-state index contributed by atoms with van der Waals surface area (Å²) in [6.45, 7) is 0. The Morgan fingerprint density at radius 2 is 1.72 bits per heavy atom. The van der Waals surface area contributed by atoms with E-state index in [1.54, 1.807) is 0 Å². The molecular weight excluding hydrogens is 356 g/mol. The average molecular weight is 365 g/mol. The Morgan fingerprint density at radius 1 is 1.12 bits per heavy atom. The number of phenolic OH excluding ortho intramolecular Hbond substituents is 1. The van der Waals surface area contributed by atoms with Gasteiger partial charge in [-0.3, -0.25) is 25.0 Å². The van der Waals surface area contributed by atoms with Gasteiger partial charge >= 0.3 is 0 Å². The summed E-state index contributed by atoms with van der Waals surface area (Å²) in [4.78, 5) is 32.0. The number of hydrazone groups is 1. The molecule has 0 aromatic heterocycles. The van der Waals surface area contributed by atoms with Gasteiger partial charge in [-0.1, -0.05) is 11.6 Å². The number of non-ortho nitro benzene ring substituents is 2. The lowest BCUT2D eigenvalue weighted by Gasteiger charge is -2.03. The molecule has 128 valence electrons. The number of carbonyl (C=O) groups is 1. The average Bonchev–Trinajstić information content (AvgIpc) is 2.56. The molecule has 0 saturated heterocycles. The van der Waals surface area contributed by atoms with Gasteiger partial charge in [-0.25, -0.2) is 5.43 Å². The van der Waals surface area contributed by atoms with E-state index in [2.05, 4.69) is 5.10 Å². The first-order chi connectivity index (χ1) is 11.8. The van der Waals surface area contributed by atoms with Crippen molar-refractivity contribution in [2.45, 2.75) is 0 Å². The van der Waals surface area contributed by atoms with Gasteiger partial charge in [0.25, 0.3) is 17.3 Å². The Labute approximate surface area is 144 Å². The summed E-state index contributed by atoms with van der Waals surface area (Å²) in [5.74, 6) is -1.37. The summed E-state index contributed by atoms with van der Waals surface area (Å²) >= 11 is 5.87. The second-order valence-corrected chi connectivity index (χ2v) is 5.03. The molecular formula is C14H9ClN4O6. The molecule has 10 nitrogen and oxygen atoms in total. The molecule has 1 amide bonds. The Hall–Kier alpha value is -3.53. The minimum Gasteiger partial charge on any atom is -0.507 e. The van der Waals surface area contributed by atoms with Crippen molar-refractivity contribution in [3.8, 4) is 5.75 Å². The van der Waals surface area contributed by atoms with Crippen molar-refractivity contribution < 1.29 is 19.7 Å². The SMILES string of the molecule is O=C(N/N=C\c1cc([N+](=O)[O-])ccc1Cl)c1cc([N+](=O)[O-])ccc1O. The Kier molecular flexibility index (Phi) is 5.25. The number of hydrogen-bond donors (Lipinski definition) is 2. The highest BCUT2D eigenvalue weighted by Crippen LogP contribution is 2.23.